The van der Waals surface area contributed by atoms with E-state index in [1.54, 1.807) is 19.1 Å². The molecule has 0 aromatic heterocycles. The van der Waals surface area contributed by atoms with E-state index in [0.29, 0.717) is 17.5 Å². The molecule has 0 fully saturated rings. The second-order valence-corrected chi connectivity index (χ2v) is 6.42. The second kappa shape index (κ2) is 7.66. The molecule has 2 aliphatic rings. The maximum absolute atomic E-state index is 12.8. The van der Waals surface area contributed by atoms with Crippen LogP contribution in [-0.2, 0) is 11.2 Å². The fraction of sp³-hybridized carbons (Fsp3) is 0.273. The van der Waals surface area contributed by atoms with Gasteiger partial charge in [0, 0.05) is 11.6 Å². The number of rotatable bonds is 5. The van der Waals surface area contributed by atoms with Crippen LogP contribution in [0.15, 0.2) is 51.7 Å². The van der Waals surface area contributed by atoms with Crippen LogP contribution >= 0.6 is 0 Å². The number of aryl methyl sites for hydroxylation is 2. The monoisotopic (exact) mass is 366 g/mol. The van der Waals surface area contributed by atoms with Crippen LogP contribution in [-0.4, -0.2) is 13.1 Å². The van der Waals surface area contributed by atoms with Gasteiger partial charge >= 0.3 is 5.97 Å². The number of methoxy groups -OCH3 is 1. The van der Waals surface area contributed by atoms with Crippen LogP contribution in [0.4, 0.5) is 0 Å². The Kier molecular flexibility index (Phi) is 5.31. The van der Waals surface area contributed by atoms with Gasteiger partial charge in [-0.3, -0.25) is 9.59 Å². The molecule has 5 nitrogen and oxygen atoms in total. The number of benzene rings is 2. The van der Waals surface area contributed by atoms with Gasteiger partial charge < -0.3 is 13.9 Å². The molecule has 0 N–H and O–H groups in total. The van der Waals surface area contributed by atoms with Gasteiger partial charge in [-0.15, -0.1) is 0 Å². The van der Waals surface area contributed by atoms with Crippen molar-refractivity contribution in [2.75, 3.05) is 7.11 Å². The number of ether oxygens (including phenoxy) is 2. The molecule has 1 unspecified atom stereocenters. The highest BCUT2D eigenvalue weighted by Crippen LogP contribution is 2.36. The maximum atomic E-state index is 12.8. The average molecular weight is 366 g/mol. The first-order valence-electron chi connectivity index (χ1n) is 8.87. The Labute approximate surface area is 157 Å². The van der Waals surface area contributed by atoms with E-state index < -0.39 is 11.9 Å². The number of carbonyl (C=O) groups excluding carboxylic acids is 1. The van der Waals surface area contributed by atoms with Gasteiger partial charge in [-0.2, -0.15) is 0 Å². The standard InChI is InChI=1S/C22H22O5/c1-5-15-12-18(23)17-10-11-19(25-4)26-21(17)20(15)27-22(24)14(3)16-9-7-6-8-13(16)2/h6-12,14H,5H2,1-4H3. The highest BCUT2D eigenvalue weighted by atomic mass is 16.6. The molecule has 0 spiro atoms. The Hall–Kier alpha value is -3.08. The van der Waals surface area contributed by atoms with Crippen LogP contribution in [0, 0.1) is 6.92 Å². The lowest BCUT2D eigenvalue weighted by atomic mass is 9.96. The summed E-state index contributed by atoms with van der Waals surface area (Å²) in [6, 6.07) is 12.4. The minimum absolute atomic E-state index is 0.181. The largest absolute Gasteiger partial charge is 0.468 e. The van der Waals surface area contributed by atoms with Crippen molar-refractivity contribution in [3.8, 4) is 23.0 Å². The minimum Gasteiger partial charge on any atom is -0.468 e. The third-order valence-electron chi connectivity index (χ3n) is 4.70. The molecule has 140 valence electrons. The van der Waals surface area contributed by atoms with E-state index in [1.807, 2.05) is 38.1 Å². The second-order valence-electron chi connectivity index (χ2n) is 6.42. The van der Waals surface area contributed by atoms with E-state index in [9.17, 15) is 9.59 Å². The highest BCUT2D eigenvalue weighted by Gasteiger charge is 2.26. The first kappa shape index (κ1) is 18.7. The van der Waals surface area contributed by atoms with Crippen LogP contribution in [0.5, 0.6) is 11.7 Å². The first-order chi connectivity index (χ1) is 13.0. The fourth-order valence-electron chi connectivity index (χ4n) is 3.10. The number of hydrogen-bond donors (Lipinski definition) is 0. The average Bonchev–Trinajstić information content (AvgIpc) is 2.69. The Morgan fingerprint density at radius 1 is 1.19 bits per heavy atom. The Morgan fingerprint density at radius 3 is 2.59 bits per heavy atom. The van der Waals surface area contributed by atoms with Gasteiger partial charge in [-0.25, -0.2) is 0 Å². The topological polar surface area (TPSA) is 65.7 Å². The molecule has 1 aromatic rings. The van der Waals surface area contributed by atoms with Gasteiger partial charge in [0.05, 0.1) is 18.6 Å². The smallest absolute Gasteiger partial charge is 0.318 e. The summed E-state index contributed by atoms with van der Waals surface area (Å²) in [5, 5.41) is 0. The lowest BCUT2D eigenvalue weighted by Crippen LogP contribution is -2.20. The normalized spacial score (nSPS) is 12.0. The summed E-state index contributed by atoms with van der Waals surface area (Å²) < 4.78 is 16.5. The lowest BCUT2D eigenvalue weighted by molar-refractivity contribution is -0.135. The zero-order chi connectivity index (χ0) is 19.6. The summed E-state index contributed by atoms with van der Waals surface area (Å²) in [5.41, 5.74) is 2.71. The van der Waals surface area contributed by atoms with Crippen LogP contribution in [0.1, 0.15) is 36.5 Å². The Bertz CT molecular complexity index is 1000. The fourth-order valence-corrected chi connectivity index (χ4v) is 3.10. The molecule has 1 aliphatic carbocycles. The van der Waals surface area contributed by atoms with E-state index >= 15 is 0 Å². The molecular formula is C22H22O5. The first-order valence-corrected chi connectivity index (χ1v) is 8.87. The molecule has 3 rings (SSSR count). The van der Waals surface area contributed by atoms with Crippen molar-refractivity contribution >= 4 is 5.97 Å². The lowest BCUT2D eigenvalue weighted by Gasteiger charge is -2.18. The maximum Gasteiger partial charge on any atom is 0.318 e. The van der Waals surface area contributed by atoms with E-state index in [2.05, 4.69) is 0 Å². The number of fused-ring (bicyclic) bond motifs is 1. The Morgan fingerprint density at radius 2 is 1.93 bits per heavy atom. The zero-order valence-electron chi connectivity index (χ0n) is 15.9. The molecule has 0 bridgehead atoms. The predicted octanol–water partition coefficient (Wildman–Crippen LogP) is 4.33. The van der Waals surface area contributed by atoms with Crippen molar-refractivity contribution in [2.45, 2.75) is 33.1 Å². The number of carbonyl (C=O) groups is 1. The van der Waals surface area contributed by atoms with E-state index in [-0.39, 0.29) is 22.9 Å². The molecule has 1 heterocycles. The molecule has 0 saturated carbocycles. The van der Waals surface area contributed by atoms with E-state index in [1.165, 1.54) is 13.2 Å². The molecule has 27 heavy (non-hydrogen) atoms. The SMILES string of the molecule is CCc1cc(=O)c2ccc(OC)oc-2c1OC(=O)C(C)c1ccccc1C. The quantitative estimate of drug-likeness (QED) is 0.497. The molecule has 1 aromatic carbocycles. The van der Waals surface area contributed by atoms with Crippen LogP contribution < -0.4 is 14.9 Å². The third-order valence-corrected chi connectivity index (χ3v) is 4.70. The predicted molar refractivity (Wildman–Crippen MR) is 103 cm³/mol. The van der Waals surface area contributed by atoms with Crippen molar-refractivity contribution < 1.29 is 18.7 Å². The van der Waals surface area contributed by atoms with Gasteiger partial charge in [-0.1, -0.05) is 31.2 Å². The van der Waals surface area contributed by atoms with E-state index in [0.717, 1.165) is 11.1 Å². The molecule has 0 radical (unpaired) electrons. The molecule has 5 heteroatoms. The minimum atomic E-state index is -0.455. The summed E-state index contributed by atoms with van der Waals surface area (Å²) in [6.45, 7) is 5.65. The van der Waals surface area contributed by atoms with Crippen LogP contribution in [0.3, 0.4) is 0 Å². The zero-order valence-corrected chi connectivity index (χ0v) is 15.9. The van der Waals surface area contributed by atoms with Crippen LogP contribution in [0.2, 0.25) is 0 Å². The Balaban J connectivity index is 2.05. The number of esters is 1. The summed E-state index contributed by atoms with van der Waals surface area (Å²) in [7, 11) is 1.47. The molecule has 1 atom stereocenters. The van der Waals surface area contributed by atoms with Crippen molar-refractivity contribution in [1.82, 2.24) is 0 Å². The van der Waals surface area contributed by atoms with Crippen molar-refractivity contribution in [1.29, 1.82) is 0 Å². The number of hydrogen-bond acceptors (Lipinski definition) is 5. The summed E-state index contributed by atoms with van der Waals surface area (Å²) in [5.74, 6) is -0.125. The molecule has 0 saturated heterocycles. The van der Waals surface area contributed by atoms with Gasteiger partial charge in [0.1, 0.15) is 0 Å². The highest BCUT2D eigenvalue weighted by molar-refractivity contribution is 5.83. The van der Waals surface area contributed by atoms with E-state index in [4.69, 9.17) is 13.9 Å². The van der Waals surface area contributed by atoms with Gasteiger partial charge in [-0.05, 0) is 43.5 Å². The van der Waals surface area contributed by atoms with Gasteiger partial charge in [0.2, 0.25) is 0 Å². The molecule has 0 amide bonds. The summed E-state index contributed by atoms with van der Waals surface area (Å²) in [4.78, 5) is 25.2. The third kappa shape index (κ3) is 3.58. The van der Waals surface area contributed by atoms with Crippen molar-refractivity contribution in [2.24, 2.45) is 0 Å². The van der Waals surface area contributed by atoms with Gasteiger partial charge in [0.15, 0.2) is 16.9 Å². The van der Waals surface area contributed by atoms with Crippen LogP contribution in [0.25, 0.3) is 11.3 Å². The van der Waals surface area contributed by atoms with Crippen molar-refractivity contribution in [3.05, 3.63) is 69.4 Å². The molecule has 1 aliphatic heterocycles. The van der Waals surface area contributed by atoms with Crippen molar-refractivity contribution in [3.63, 3.8) is 0 Å². The van der Waals surface area contributed by atoms with Gasteiger partial charge in [0.25, 0.3) is 5.95 Å². The summed E-state index contributed by atoms with van der Waals surface area (Å²) >= 11 is 0. The summed E-state index contributed by atoms with van der Waals surface area (Å²) in [6.07, 6.45) is 0.527. The molecular weight excluding hydrogens is 344 g/mol.